The van der Waals surface area contributed by atoms with Crippen LogP contribution in [0.4, 0.5) is 5.69 Å². The molecule has 1 amide bonds. The van der Waals surface area contributed by atoms with Crippen LogP contribution in [0.2, 0.25) is 0 Å². The average Bonchev–Trinajstić information content (AvgIpc) is 2.62. The number of rotatable bonds is 5. The van der Waals surface area contributed by atoms with Crippen LogP contribution in [0.5, 0.6) is 0 Å². The number of amides is 1. The van der Waals surface area contributed by atoms with E-state index in [0.29, 0.717) is 19.1 Å². The Morgan fingerprint density at radius 2 is 1.88 bits per heavy atom. The van der Waals surface area contributed by atoms with Gasteiger partial charge >= 0.3 is 0 Å². The second kappa shape index (κ2) is 8.37. The SMILES string of the molecule is Cc1cccc(N2CCN(CC(=O)N(C)Cc3ccccc3)C[C@H]2C)c1. The van der Waals surface area contributed by atoms with E-state index in [9.17, 15) is 4.79 Å². The van der Waals surface area contributed by atoms with Crippen LogP contribution >= 0.6 is 0 Å². The first-order valence-electron chi connectivity index (χ1n) is 9.36. The van der Waals surface area contributed by atoms with Crippen molar-refractivity contribution in [2.24, 2.45) is 0 Å². The number of hydrogen-bond acceptors (Lipinski definition) is 3. The van der Waals surface area contributed by atoms with Gasteiger partial charge in [-0.15, -0.1) is 0 Å². The Labute approximate surface area is 157 Å². The molecule has 0 unspecified atom stereocenters. The van der Waals surface area contributed by atoms with E-state index >= 15 is 0 Å². The van der Waals surface area contributed by atoms with E-state index in [1.807, 2.05) is 30.1 Å². The topological polar surface area (TPSA) is 26.8 Å². The summed E-state index contributed by atoms with van der Waals surface area (Å²) in [4.78, 5) is 19.1. The van der Waals surface area contributed by atoms with E-state index in [1.54, 1.807) is 0 Å². The molecule has 1 aliphatic heterocycles. The molecular weight excluding hydrogens is 322 g/mol. The number of piperazine rings is 1. The van der Waals surface area contributed by atoms with Crippen molar-refractivity contribution in [2.45, 2.75) is 26.4 Å². The molecule has 1 saturated heterocycles. The number of hydrogen-bond donors (Lipinski definition) is 0. The van der Waals surface area contributed by atoms with Gasteiger partial charge in [-0.25, -0.2) is 0 Å². The van der Waals surface area contributed by atoms with Gasteiger partial charge in [0.15, 0.2) is 0 Å². The highest BCUT2D eigenvalue weighted by atomic mass is 16.2. The summed E-state index contributed by atoms with van der Waals surface area (Å²) in [6, 6.07) is 19.2. The fraction of sp³-hybridized carbons (Fsp3) is 0.409. The molecule has 2 aromatic carbocycles. The van der Waals surface area contributed by atoms with Gasteiger partial charge in [0, 0.05) is 45.0 Å². The van der Waals surface area contributed by atoms with Crippen molar-refractivity contribution in [3.05, 3.63) is 65.7 Å². The fourth-order valence-electron chi connectivity index (χ4n) is 3.62. The Hall–Kier alpha value is -2.33. The Morgan fingerprint density at radius 3 is 2.58 bits per heavy atom. The lowest BCUT2D eigenvalue weighted by Gasteiger charge is -2.41. The lowest BCUT2D eigenvalue weighted by molar-refractivity contribution is -0.131. The molecule has 138 valence electrons. The van der Waals surface area contributed by atoms with Gasteiger partial charge in [0.05, 0.1) is 6.54 Å². The molecule has 4 heteroatoms. The van der Waals surface area contributed by atoms with E-state index in [4.69, 9.17) is 0 Å². The summed E-state index contributed by atoms with van der Waals surface area (Å²) in [7, 11) is 1.89. The van der Waals surface area contributed by atoms with Crippen LogP contribution in [0, 0.1) is 6.92 Å². The third kappa shape index (κ3) is 4.64. The van der Waals surface area contributed by atoms with Crippen LogP contribution in [-0.2, 0) is 11.3 Å². The molecular formula is C22H29N3O. The second-order valence-corrected chi connectivity index (χ2v) is 7.35. The van der Waals surface area contributed by atoms with Crippen molar-refractivity contribution in [3.8, 4) is 0 Å². The van der Waals surface area contributed by atoms with Gasteiger partial charge in [-0.2, -0.15) is 0 Å². The van der Waals surface area contributed by atoms with Crippen molar-refractivity contribution >= 4 is 11.6 Å². The molecule has 1 heterocycles. The standard InChI is InChI=1S/C22H29N3O/c1-18-8-7-11-21(14-18)25-13-12-24(15-19(25)2)17-22(26)23(3)16-20-9-5-4-6-10-20/h4-11,14,19H,12-13,15-17H2,1-3H3/t19-/m1/s1. The van der Waals surface area contributed by atoms with Gasteiger partial charge in [0.1, 0.15) is 0 Å². The van der Waals surface area contributed by atoms with E-state index in [1.165, 1.54) is 16.8 Å². The molecule has 1 aliphatic rings. The number of likely N-dealkylation sites (N-methyl/N-ethyl adjacent to an activating group) is 1. The van der Waals surface area contributed by atoms with Gasteiger partial charge in [-0.3, -0.25) is 9.69 Å². The number of carbonyl (C=O) groups is 1. The summed E-state index contributed by atoms with van der Waals surface area (Å²) < 4.78 is 0. The van der Waals surface area contributed by atoms with Crippen molar-refractivity contribution in [1.29, 1.82) is 0 Å². The van der Waals surface area contributed by atoms with Crippen LogP contribution in [0.1, 0.15) is 18.1 Å². The van der Waals surface area contributed by atoms with Crippen LogP contribution < -0.4 is 4.90 Å². The van der Waals surface area contributed by atoms with E-state index in [-0.39, 0.29) is 5.91 Å². The predicted octanol–water partition coefficient (Wildman–Crippen LogP) is 3.16. The summed E-state index contributed by atoms with van der Waals surface area (Å²) in [5, 5.41) is 0. The van der Waals surface area contributed by atoms with Crippen molar-refractivity contribution in [3.63, 3.8) is 0 Å². The van der Waals surface area contributed by atoms with E-state index in [0.717, 1.165) is 19.6 Å². The summed E-state index contributed by atoms with van der Waals surface area (Å²) >= 11 is 0. The Kier molecular flexibility index (Phi) is 5.94. The molecule has 1 atom stereocenters. The zero-order valence-corrected chi connectivity index (χ0v) is 16.1. The minimum absolute atomic E-state index is 0.185. The summed E-state index contributed by atoms with van der Waals surface area (Å²) in [6.07, 6.45) is 0. The smallest absolute Gasteiger partial charge is 0.236 e. The van der Waals surface area contributed by atoms with Gasteiger partial charge < -0.3 is 9.80 Å². The number of anilines is 1. The molecule has 0 aliphatic carbocycles. The van der Waals surface area contributed by atoms with Gasteiger partial charge in [-0.1, -0.05) is 42.5 Å². The third-order valence-corrected chi connectivity index (χ3v) is 5.09. The zero-order chi connectivity index (χ0) is 18.5. The highest BCUT2D eigenvalue weighted by Gasteiger charge is 2.26. The van der Waals surface area contributed by atoms with Crippen LogP contribution in [0.15, 0.2) is 54.6 Å². The largest absolute Gasteiger partial charge is 0.366 e. The predicted molar refractivity (Wildman–Crippen MR) is 107 cm³/mol. The maximum absolute atomic E-state index is 12.6. The average molecular weight is 351 g/mol. The second-order valence-electron chi connectivity index (χ2n) is 7.35. The number of carbonyl (C=O) groups excluding carboxylic acids is 1. The minimum atomic E-state index is 0.185. The van der Waals surface area contributed by atoms with Gasteiger partial charge in [0.2, 0.25) is 5.91 Å². The Bertz CT molecular complexity index is 731. The summed E-state index contributed by atoms with van der Waals surface area (Å²) in [5.74, 6) is 0.185. The van der Waals surface area contributed by atoms with Crippen LogP contribution in [-0.4, -0.2) is 55.0 Å². The molecule has 0 saturated carbocycles. The molecule has 0 spiro atoms. The van der Waals surface area contributed by atoms with Crippen molar-refractivity contribution < 1.29 is 4.79 Å². The fourth-order valence-corrected chi connectivity index (χ4v) is 3.62. The van der Waals surface area contributed by atoms with Gasteiger partial charge in [-0.05, 0) is 37.1 Å². The van der Waals surface area contributed by atoms with E-state index in [2.05, 4.69) is 60.0 Å². The maximum Gasteiger partial charge on any atom is 0.236 e. The molecule has 0 bridgehead atoms. The first kappa shape index (κ1) is 18.5. The third-order valence-electron chi connectivity index (χ3n) is 5.09. The normalized spacial score (nSPS) is 18.0. The summed E-state index contributed by atoms with van der Waals surface area (Å²) in [6.45, 7) is 8.33. The first-order valence-corrected chi connectivity index (χ1v) is 9.36. The van der Waals surface area contributed by atoms with Crippen molar-refractivity contribution in [2.75, 3.05) is 38.1 Å². The highest BCUT2D eigenvalue weighted by molar-refractivity contribution is 5.78. The van der Waals surface area contributed by atoms with Gasteiger partial charge in [0.25, 0.3) is 0 Å². The summed E-state index contributed by atoms with van der Waals surface area (Å²) in [5.41, 5.74) is 3.74. The minimum Gasteiger partial charge on any atom is -0.366 e. The molecule has 2 aromatic rings. The Morgan fingerprint density at radius 1 is 1.12 bits per heavy atom. The van der Waals surface area contributed by atoms with E-state index < -0.39 is 0 Å². The number of nitrogens with zero attached hydrogens (tertiary/aromatic N) is 3. The zero-order valence-electron chi connectivity index (χ0n) is 16.1. The molecule has 3 rings (SSSR count). The monoisotopic (exact) mass is 351 g/mol. The quantitative estimate of drug-likeness (QED) is 0.828. The molecule has 1 fully saturated rings. The maximum atomic E-state index is 12.6. The molecule has 26 heavy (non-hydrogen) atoms. The molecule has 0 aromatic heterocycles. The number of benzene rings is 2. The lowest BCUT2D eigenvalue weighted by Crippen LogP contribution is -2.54. The van der Waals surface area contributed by atoms with Crippen LogP contribution in [0.25, 0.3) is 0 Å². The highest BCUT2D eigenvalue weighted by Crippen LogP contribution is 2.21. The van der Waals surface area contributed by atoms with Crippen LogP contribution in [0.3, 0.4) is 0 Å². The molecule has 0 radical (unpaired) electrons. The van der Waals surface area contributed by atoms with Crippen molar-refractivity contribution in [1.82, 2.24) is 9.80 Å². The lowest BCUT2D eigenvalue weighted by atomic mass is 10.1. The Balaban J connectivity index is 1.53. The molecule has 4 nitrogen and oxygen atoms in total. The molecule has 0 N–H and O–H groups in total. The first-order chi connectivity index (χ1) is 12.5. The number of aryl methyl sites for hydroxylation is 1.